The zero-order valence-electron chi connectivity index (χ0n) is 20.0. The number of nitrogens with one attached hydrogen (secondary N) is 1. The molecule has 4 unspecified atom stereocenters. The summed E-state index contributed by atoms with van der Waals surface area (Å²) in [5, 5.41) is 17.4. The fourth-order valence-corrected chi connectivity index (χ4v) is 4.62. The Hall–Kier alpha value is -3.43. The van der Waals surface area contributed by atoms with Crippen LogP contribution in [0.5, 0.6) is 0 Å². The average molecular weight is 499 g/mol. The molecule has 4 N–H and O–H groups in total. The van der Waals surface area contributed by atoms with Crippen LogP contribution in [-0.4, -0.2) is 27.3 Å². The van der Waals surface area contributed by atoms with Crippen molar-refractivity contribution in [3.05, 3.63) is 95.4 Å². The highest BCUT2D eigenvalue weighted by atomic mass is 19.4. The third-order valence-corrected chi connectivity index (χ3v) is 6.86. The largest absolute Gasteiger partial charge is 0.435 e. The maximum absolute atomic E-state index is 13.5. The van der Waals surface area contributed by atoms with Crippen LogP contribution in [-0.2, 0) is 6.18 Å². The van der Waals surface area contributed by atoms with Gasteiger partial charge in [-0.15, -0.1) is 0 Å². The molecule has 2 aromatic rings. The van der Waals surface area contributed by atoms with E-state index in [1.165, 1.54) is 0 Å². The molecule has 0 radical (unpaired) electrons. The summed E-state index contributed by atoms with van der Waals surface area (Å²) in [6.07, 6.45) is 8.03. The Bertz CT molecular complexity index is 1260. The van der Waals surface area contributed by atoms with Crippen molar-refractivity contribution in [3.63, 3.8) is 0 Å². The number of amides is 1. The number of rotatable bonds is 6. The molecule has 1 amide bonds. The van der Waals surface area contributed by atoms with Crippen molar-refractivity contribution in [1.29, 1.82) is 0 Å². The summed E-state index contributed by atoms with van der Waals surface area (Å²) < 4.78 is 41.7. The Morgan fingerprint density at radius 3 is 2.75 bits per heavy atom. The van der Waals surface area contributed by atoms with Gasteiger partial charge in [-0.1, -0.05) is 74.1 Å². The quantitative estimate of drug-likeness (QED) is 0.501. The number of aliphatic hydroxyl groups excluding tert-OH is 1. The molecule has 1 aromatic carbocycles. The van der Waals surface area contributed by atoms with E-state index >= 15 is 0 Å². The van der Waals surface area contributed by atoms with Gasteiger partial charge in [-0.05, 0) is 24.1 Å². The summed E-state index contributed by atoms with van der Waals surface area (Å²) in [6, 6.07) is 6.84. The Kier molecular flexibility index (Phi) is 7.06. The molecule has 4 atom stereocenters. The van der Waals surface area contributed by atoms with E-state index in [0.717, 1.165) is 16.3 Å². The van der Waals surface area contributed by atoms with Crippen LogP contribution >= 0.6 is 0 Å². The third kappa shape index (κ3) is 5.08. The lowest BCUT2D eigenvalue weighted by molar-refractivity contribution is -0.141. The van der Waals surface area contributed by atoms with Crippen molar-refractivity contribution < 1.29 is 23.1 Å². The first-order valence-corrected chi connectivity index (χ1v) is 11.7. The fourth-order valence-electron chi connectivity index (χ4n) is 4.62. The highest BCUT2D eigenvalue weighted by Crippen LogP contribution is 2.41. The summed E-state index contributed by atoms with van der Waals surface area (Å²) >= 11 is 0. The Morgan fingerprint density at radius 1 is 1.31 bits per heavy atom. The van der Waals surface area contributed by atoms with Crippen LogP contribution in [0, 0.1) is 11.3 Å². The number of allylic oxidation sites excluding steroid dienone is 6. The average Bonchev–Trinajstić information content (AvgIpc) is 3.30. The van der Waals surface area contributed by atoms with Gasteiger partial charge in [0.2, 0.25) is 0 Å². The summed E-state index contributed by atoms with van der Waals surface area (Å²) in [4.78, 5) is 13.2. The van der Waals surface area contributed by atoms with E-state index in [1.54, 1.807) is 36.4 Å². The van der Waals surface area contributed by atoms with Gasteiger partial charge in [-0.25, -0.2) is 0 Å². The number of nitrogens with two attached hydrogens (primary N) is 1. The van der Waals surface area contributed by atoms with Gasteiger partial charge in [0.15, 0.2) is 5.69 Å². The number of halogens is 3. The van der Waals surface area contributed by atoms with Crippen molar-refractivity contribution >= 4 is 11.6 Å². The summed E-state index contributed by atoms with van der Waals surface area (Å²) in [6.45, 7) is 4.02. The summed E-state index contributed by atoms with van der Waals surface area (Å²) in [7, 11) is 0. The molecule has 1 heterocycles. The number of aromatic nitrogens is 2. The normalized spacial score (nSPS) is 24.5. The molecule has 9 heteroatoms. The van der Waals surface area contributed by atoms with Gasteiger partial charge in [0.1, 0.15) is 5.69 Å². The highest BCUT2D eigenvalue weighted by molar-refractivity contribution is 6.03. The topological polar surface area (TPSA) is 93.2 Å². The van der Waals surface area contributed by atoms with Crippen LogP contribution < -0.4 is 11.1 Å². The second kappa shape index (κ2) is 9.91. The monoisotopic (exact) mass is 498 g/mol. The number of alkyl halides is 3. The van der Waals surface area contributed by atoms with E-state index in [2.05, 4.69) is 10.4 Å². The number of benzene rings is 1. The molecule has 190 valence electrons. The zero-order valence-corrected chi connectivity index (χ0v) is 20.0. The molecule has 1 aromatic heterocycles. The third-order valence-electron chi connectivity index (χ3n) is 6.86. The zero-order chi connectivity index (χ0) is 26.1. The van der Waals surface area contributed by atoms with E-state index in [-0.39, 0.29) is 18.2 Å². The number of aliphatic hydroxyl groups is 1. The number of anilines is 1. The maximum atomic E-state index is 13.5. The molecule has 2 aliphatic rings. The van der Waals surface area contributed by atoms with Gasteiger partial charge in [-0.2, -0.15) is 18.3 Å². The lowest BCUT2D eigenvalue weighted by Gasteiger charge is -2.32. The molecule has 0 spiro atoms. The van der Waals surface area contributed by atoms with Gasteiger partial charge >= 0.3 is 6.18 Å². The number of carbonyl (C=O) groups is 1. The molecule has 0 bridgehead atoms. The molecule has 0 fully saturated rings. The number of hydrogen-bond acceptors (Lipinski definition) is 4. The maximum Gasteiger partial charge on any atom is 0.435 e. The van der Waals surface area contributed by atoms with E-state index in [1.807, 2.05) is 44.2 Å². The predicted molar refractivity (Wildman–Crippen MR) is 132 cm³/mol. The Morgan fingerprint density at radius 2 is 2.08 bits per heavy atom. The molecule has 0 aliphatic heterocycles. The molecule has 6 nitrogen and oxygen atoms in total. The van der Waals surface area contributed by atoms with Crippen LogP contribution in [0.25, 0.3) is 0 Å². The smallest absolute Gasteiger partial charge is 0.388 e. The van der Waals surface area contributed by atoms with Crippen LogP contribution in [0.2, 0.25) is 0 Å². The molecular weight excluding hydrogens is 469 g/mol. The molecule has 2 aliphatic carbocycles. The lowest BCUT2D eigenvalue weighted by atomic mass is 9.76. The molecule has 0 saturated heterocycles. The second-order valence-corrected chi connectivity index (χ2v) is 9.45. The summed E-state index contributed by atoms with van der Waals surface area (Å²) in [5.41, 5.74) is 5.69. The van der Waals surface area contributed by atoms with Crippen LogP contribution in [0.4, 0.5) is 18.9 Å². The fraction of sp³-hybridized carbons (Fsp3) is 0.333. The minimum absolute atomic E-state index is 0.222. The van der Waals surface area contributed by atoms with Gasteiger partial charge in [0.25, 0.3) is 5.91 Å². The van der Waals surface area contributed by atoms with E-state index in [9.17, 15) is 23.1 Å². The SMILES string of the molecule is CC1C(CN)=CC=CC1n1nc(C(F)(F)F)cc1C(=O)Nc1cccc(C(O)C2(C)C=CC=CC2)c1. The molecule has 36 heavy (non-hydrogen) atoms. The van der Waals surface area contributed by atoms with Crippen molar-refractivity contribution in [2.45, 2.75) is 38.6 Å². The van der Waals surface area contributed by atoms with Crippen LogP contribution in [0.1, 0.15) is 54.2 Å². The van der Waals surface area contributed by atoms with Crippen molar-refractivity contribution in [2.24, 2.45) is 17.1 Å². The highest BCUT2D eigenvalue weighted by Gasteiger charge is 2.38. The Balaban J connectivity index is 1.63. The molecule has 4 rings (SSSR count). The minimum Gasteiger partial charge on any atom is -0.388 e. The lowest BCUT2D eigenvalue weighted by Crippen LogP contribution is -2.28. The number of carbonyl (C=O) groups excluding carboxylic acids is 1. The van der Waals surface area contributed by atoms with Crippen LogP contribution in [0.3, 0.4) is 0 Å². The Labute approximate surface area is 207 Å². The number of hydrogen-bond donors (Lipinski definition) is 3. The first kappa shape index (κ1) is 25.7. The van der Waals surface area contributed by atoms with E-state index < -0.39 is 35.3 Å². The van der Waals surface area contributed by atoms with Gasteiger partial charge in [0.05, 0.1) is 12.1 Å². The van der Waals surface area contributed by atoms with Crippen molar-refractivity contribution in [1.82, 2.24) is 9.78 Å². The van der Waals surface area contributed by atoms with E-state index in [4.69, 9.17) is 5.73 Å². The van der Waals surface area contributed by atoms with Gasteiger partial charge < -0.3 is 16.2 Å². The number of nitrogens with zero attached hydrogens (tertiary/aromatic N) is 2. The molecule has 0 saturated carbocycles. The first-order valence-electron chi connectivity index (χ1n) is 11.7. The molecular formula is C27H29F3N4O2. The second-order valence-electron chi connectivity index (χ2n) is 9.45. The first-order chi connectivity index (χ1) is 17.0. The minimum atomic E-state index is -4.71. The van der Waals surface area contributed by atoms with Crippen LogP contribution in [0.15, 0.2) is 78.4 Å². The van der Waals surface area contributed by atoms with Gasteiger partial charge in [-0.3, -0.25) is 9.48 Å². The van der Waals surface area contributed by atoms with Gasteiger partial charge in [0, 0.05) is 29.6 Å². The summed E-state index contributed by atoms with van der Waals surface area (Å²) in [5.74, 6) is -0.981. The van der Waals surface area contributed by atoms with E-state index in [0.29, 0.717) is 17.7 Å². The van der Waals surface area contributed by atoms with Crippen molar-refractivity contribution in [2.75, 3.05) is 11.9 Å². The predicted octanol–water partition coefficient (Wildman–Crippen LogP) is 5.34. The van der Waals surface area contributed by atoms with Crippen molar-refractivity contribution in [3.8, 4) is 0 Å². The standard InChI is InChI=1S/C27H29F3N4O2/c1-17-19(16-31)9-7-11-21(17)34-22(15-23(33-34)27(28,29)30)25(36)32-20-10-6-8-18(14-20)24(35)26(2)12-4-3-5-13-26/h3-12,14-15,17,21,24,35H,13,16,31H2,1-2H3,(H,32,36).